The number of rotatable bonds is 9. The lowest BCUT2D eigenvalue weighted by molar-refractivity contribution is -0.117. The first-order valence-electron chi connectivity index (χ1n) is 8.78. The molecule has 33 heavy (non-hydrogen) atoms. The predicted molar refractivity (Wildman–Crippen MR) is 125 cm³/mol. The van der Waals surface area contributed by atoms with Crippen LogP contribution >= 0.6 is 22.9 Å². The van der Waals surface area contributed by atoms with Crippen LogP contribution in [0, 0.1) is 10.8 Å². The molecule has 2 rings (SSSR count). The minimum Gasteiger partial charge on any atom is -0.403 e. The van der Waals surface area contributed by atoms with Crippen molar-refractivity contribution in [1.29, 1.82) is 10.8 Å². The molecule has 0 saturated carbocycles. The quantitative estimate of drug-likeness (QED) is 0.154. The summed E-state index contributed by atoms with van der Waals surface area (Å²) >= 11 is 7.04. The second-order valence-electron chi connectivity index (χ2n) is 5.84. The van der Waals surface area contributed by atoms with Crippen molar-refractivity contribution in [3.63, 3.8) is 0 Å². The number of carbonyl (C=O) groups excluding carboxylic acids is 1. The summed E-state index contributed by atoms with van der Waals surface area (Å²) in [6.07, 6.45) is 0.185. The highest BCUT2D eigenvalue weighted by molar-refractivity contribution is 7.16. The predicted octanol–water partition coefficient (Wildman–Crippen LogP) is 3.92. The molecule has 172 valence electrons. The van der Waals surface area contributed by atoms with Crippen LogP contribution in [-0.4, -0.2) is 41.9 Å². The average molecular weight is 497 g/mol. The van der Waals surface area contributed by atoms with E-state index in [0.29, 0.717) is 4.70 Å². The highest BCUT2D eigenvalue weighted by Gasteiger charge is 2.38. The second kappa shape index (κ2) is 11.7. The van der Waals surface area contributed by atoms with Gasteiger partial charge in [0, 0.05) is 18.6 Å². The van der Waals surface area contributed by atoms with Gasteiger partial charge in [-0.1, -0.05) is 17.7 Å². The van der Waals surface area contributed by atoms with Crippen LogP contribution in [0.2, 0.25) is 0 Å². The van der Waals surface area contributed by atoms with Crippen LogP contribution in [0.1, 0.15) is 0 Å². The molecular weight excluding hydrogens is 481 g/mol. The highest BCUT2D eigenvalue weighted by atomic mass is 35.5. The van der Waals surface area contributed by atoms with Gasteiger partial charge in [0.15, 0.2) is 0 Å². The molecule has 0 spiro atoms. The lowest BCUT2D eigenvalue weighted by atomic mass is 10.1. The van der Waals surface area contributed by atoms with Gasteiger partial charge in [0.2, 0.25) is 0 Å². The maximum absolute atomic E-state index is 13.9. The minimum atomic E-state index is -5.01. The first kappa shape index (κ1) is 25.4. The zero-order chi connectivity index (χ0) is 24.4. The fourth-order valence-corrected chi connectivity index (χ4v) is 3.15. The van der Waals surface area contributed by atoms with Crippen LogP contribution in [0.4, 0.5) is 18.9 Å². The Kier molecular flexibility index (Phi) is 9.00. The molecule has 0 fully saturated rings. The molecule has 1 amide bonds. The van der Waals surface area contributed by atoms with Crippen LogP contribution in [0.25, 0.3) is 10.2 Å². The number of anilines is 1. The van der Waals surface area contributed by atoms with Gasteiger partial charge in [-0.3, -0.25) is 4.79 Å². The second-order valence-corrected chi connectivity index (χ2v) is 7.16. The summed E-state index contributed by atoms with van der Waals surface area (Å²) in [6, 6.07) is 4.60. The van der Waals surface area contributed by atoms with Gasteiger partial charge in [0.05, 0.1) is 44.6 Å². The third-order valence-electron chi connectivity index (χ3n) is 3.68. The summed E-state index contributed by atoms with van der Waals surface area (Å²) in [5.74, 6) is -1.27. The van der Waals surface area contributed by atoms with Crippen molar-refractivity contribution in [3.8, 4) is 0 Å². The molecule has 0 aliphatic carbocycles. The molecule has 0 aliphatic heterocycles. The zero-order valence-corrected chi connectivity index (χ0v) is 18.1. The Labute approximate surface area is 194 Å². The fourth-order valence-electron chi connectivity index (χ4n) is 2.33. The van der Waals surface area contributed by atoms with Crippen LogP contribution in [-0.2, 0) is 4.79 Å². The van der Waals surface area contributed by atoms with Gasteiger partial charge in [-0.15, -0.1) is 11.3 Å². The molecule has 9 nitrogen and oxygen atoms in total. The van der Waals surface area contributed by atoms with Gasteiger partial charge in [0.1, 0.15) is 11.2 Å². The number of alkyl halides is 3. The highest BCUT2D eigenvalue weighted by Crippen LogP contribution is 2.32. The van der Waals surface area contributed by atoms with E-state index in [1.165, 1.54) is 29.0 Å². The normalized spacial score (nSPS) is 13.9. The molecule has 0 aliphatic rings. The Morgan fingerprint density at radius 2 is 2.03 bits per heavy atom. The van der Waals surface area contributed by atoms with Gasteiger partial charge >= 0.3 is 6.18 Å². The number of aromatic nitrogens is 1. The van der Waals surface area contributed by atoms with Crippen molar-refractivity contribution in [2.75, 3.05) is 5.32 Å². The van der Waals surface area contributed by atoms with Crippen LogP contribution in [0.5, 0.6) is 0 Å². The maximum Gasteiger partial charge on any atom is 0.432 e. The van der Waals surface area contributed by atoms with Crippen molar-refractivity contribution in [2.24, 2.45) is 15.9 Å². The smallest absolute Gasteiger partial charge is 0.403 e. The van der Waals surface area contributed by atoms with Gasteiger partial charge in [-0.05, 0) is 18.2 Å². The molecule has 0 saturated heterocycles. The van der Waals surface area contributed by atoms with Crippen molar-refractivity contribution in [1.82, 2.24) is 10.3 Å². The number of carbonyl (C=O) groups is 1. The number of nitrogens with one attached hydrogen (secondary N) is 4. The molecule has 14 heteroatoms. The van der Waals surface area contributed by atoms with E-state index in [1.807, 2.05) is 0 Å². The molecular formula is C19H16ClF3N8OS. The first-order chi connectivity index (χ1) is 15.7. The number of hydrogen-bond acceptors (Lipinski definition) is 9. The van der Waals surface area contributed by atoms with E-state index < -0.39 is 23.4 Å². The van der Waals surface area contributed by atoms with Gasteiger partial charge in [-0.2, -0.15) is 23.4 Å². The SMILES string of the molecule is N=C\C=N/N=C\C(=C/C(Cl)=C/N)NC(=O)/C(C=N)=C(/Nc1cccc2scnc12)C(F)(F)F. The number of benzene rings is 1. The van der Waals surface area contributed by atoms with Crippen LogP contribution < -0.4 is 16.4 Å². The van der Waals surface area contributed by atoms with E-state index >= 15 is 0 Å². The van der Waals surface area contributed by atoms with Crippen LogP contribution in [0.3, 0.4) is 0 Å². The number of para-hydroxylation sites is 1. The van der Waals surface area contributed by atoms with E-state index in [4.69, 9.17) is 28.2 Å². The Morgan fingerprint density at radius 3 is 2.67 bits per heavy atom. The van der Waals surface area contributed by atoms with Gasteiger partial charge in [0.25, 0.3) is 5.91 Å². The lowest BCUT2D eigenvalue weighted by Gasteiger charge is -2.18. The molecule has 0 radical (unpaired) electrons. The lowest BCUT2D eigenvalue weighted by Crippen LogP contribution is -2.31. The number of nitrogens with zero attached hydrogens (tertiary/aromatic N) is 3. The first-order valence-corrected chi connectivity index (χ1v) is 10.0. The number of allylic oxidation sites excluding steroid dienone is 4. The Bertz CT molecular complexity index is 1200. The minimum absolute atomic E-state index is 0.0145. The Morgan fingerprint density at radius 1 is 1.27 bits per heavy atom. The third-order valence-corrected chi connectivity index (χ3v) is 4.71. The molecule has 0 bridgehead atoms. The number of halogens is 4. The molecule has 1 heterocycles. The van der Waals surface area contributed by atoms with Crippen molar-refractivity contribution in [2.45, 2.75) is 6.18 Å². The Hall–Kier alpha value is -3.84. The largest absolute Gasteiger partial charge is 0.432 e. The molecule has 0 unspecified atom stereocenters. The zero-order valence-electron chi connectivity index (χ0n) is 16.5. The number of thiazole rings is 1. The van der Waals surface area contributed by atoms with Crippen molar-refractivity contribution in [3.05, 3.63) is 58.0 Å². The monoisotopic (exact) mass is 496 g/mol. The molecule has 0 atom stereocenters. The van der Waals surface area contributed by atoms with Crippen molar-refractivity contribution < 1.29 is 18.0 Å². The summed E-state index contributed by atoms with van der Waals surface area (Å²) in [7, 11) is 0. The average Bonchev–Trinajstić information content (AvgIpc) is 3.25. The summed E-state index contributed by atoms with van der Waals surface area (Å²) in [4.78, 5) is 16.7. The summed E-state index contributed by atoms with van der Waals surface area (Å²) in [5.41, 5.74) is 4.41. The third kappa shape index (κ3) is 7.08. The summed E-state index contributed by atoms with van der Waals surface area (Å²) in [6.45, 7) is 0. The fraction of sp³-hybridized carbons (Fsp3) is 0.0526. The number of amides is 1. The summed E-state index contributed by atoms with van der Waals surface area (Å²) in [5, 5.41) is 25.6. The van der Waals surface area contributed by atoms with E-state index in [2.05, 4.69) is 25.8 Å². The van der Waals surface area contributed by atoms with Crippen LogP contribution in [0.15, 0.2) is 68.2 Å². The molecule has 6 N–H and O–H groups in total. The van der Waals surface area contributed by atoms with E-state index in [9.17, 15) is 18.0 Å². The standard InChI is InChI=1S/C19H16ClF3N8OS/c20-11(7-25)6-12(9-29-28-5-4-24)30-18(32)13(8-26)17(19(21,22)23)31-14-2-1-3-15-16(14)27-10-33-15/h1-10,24,26,31H,25H2,(H,30,32)/b11-7-,12-6+,17-13+,24-4?,26-8?,28-5-,29-9-. The van der Waals surface area contributed by atoms with E-state index in [1.54, 1.807) is 6.07 Å². The molecule has 1 aromatic carbocycles. The number of hydrogen-bond donors (Lipinski definition) is 5. The molecule has 1 aromatic heterocycles. The number of nitrogens with two attached hydrogens (primary N) is 1. The molecule has 2 aromatic rings. The maximum atomic E-state index is 13.9. The number of fused-ring (bicyclic) bond motifs is 1. The Balaban J connectivity index is 2.49. The van der Waals surface area contributed by atoms with Crippen molar-refractivity contribution >= 4 is 69.6 Å². The summed E-state index contributed by atoms with van der Waals surface area (Å²) < 4.78 is 42.2. The van der Waals surface area contributed by atoms with Gasteiger partial charge in [-0.25, -0.2) is 4.98 Å². The van der Waals surface area contributed by atoms with Gasteiger partial charge < -0.3 is 27.2 Å². The van der Waals surface area contributed by atoms with E-state index in [0.717, 1.165) is 30.9 Å². The van der Waals surface area contributed by atoms with E-state index in [-0.39, 0.29) is 28.1 Å². The topological polar surface area (TPSA) is 152 Å².